The number of aromatic amines is 1. The van der Waals surface area contributed by atoms with Crippen molar-refractivity contribution in [1.82, 2.24) is 10.3 Å². The highest BCUT2D eigenvalue weighted by Gasteiger charge is 2.32. The van der Waals surface area contributed by atoms with Crippen molar-refractivity contribution in [3.8, 4) is 0 Å². The van der Waals surface area contributed by atoms with E-state index in [9.17, 15) is 10.1 Å². The molecule has 2 N–H and O–H groups in total. The number of H-pyrrole nitrogens is 1. The minimum absolute atomic E-state index is 0.109. The second kappa shape index (κ2) is 6.62. The summed E-state index contributed by atoms with van der Waals surface area (Å²) in [7, 11) is 0. The summed E-state index contributed by atoms with van der Waals surface area (Å²) in [5.74, 6) is 0.224. The summed E-state index contributed by atoms with van der Waals surface area (Å²) >= 11 is 0. The van der Waals surface area contributed by atoms with E-state index in [4.69, 9.17) is 0 Å². The Bertz CT molecular complexity index is 1170. The lowest BCUT2D eigenvalue weighted by atomic mass is 9.83. The van der Waals surface area contributed by atoms with Gasteiger partial charge >= 0.3 is 0 Å². The fraction of sp³-hybridized carbons (Fsp3) is 0.130. The van der Waals surface area contributed by atoms with Crippen LogP contribution in [0.15, 0.2) is 78.9 Å². The number of hydrogen-bond acceptors (Lipinski definition) is 3. The molecule has 1 aromatic heterocycles. The van der Waals surface area contributed by atoms with Crippen molar-refractivity contribution in [2.75, 3.05) is 6.54 Å². The van der Waals surface area contributed by atoms with Crippen LogP contribution in [0.2, 0.25) is 0 Å². The van der Waals surface area contributed by atoms with Gasteiger partial charge < -0.3 is 10.3 Å². The van der Waals surface area contributed by atoms with Crippen LogP contribution in [-0.2, 0) is 0 Å². The Kier molecular flexibility index (Phi) is 3.95. The molecule has 0 spiro atoms. The van der Waals surface area contributed by atoms with Crippen molar-refractivity contribution in [3.05, 3.63) is 111 Å². The molecule has 3 aromatic carbocycles. The van der Waals surface area contributed by atoms with Gasteiger partial charge in [0.2, 0.25) is 0 Å². The summed E-state index contributed by atoms with van der Waals surface area (Å²) in [5, 5.41) is 16.1. The smallest absolute Gasteiger partial charge is 0.269 e. The van der Waals surface area contributed by atoms with Crippen molar-refractivity contribution in [2.45, 2.75) is 12.0 Å². The molecule has 138 valence electrons. The quantitative estimate of drug-likeness (QED) is 0.398. The van der Waals surface area contributed by atoms with E-state index in [1.165, 1.54) is 22.6 Å². The van der Waals surface area contributed by atoms with E-state index in [-0.39, 0.29) is 22.6 Å². The fourth-order valence-corrected chi connectivity index (χ4v) is 4.30. The minimum atomic E-state index is -0.342. The van der Waals surface area contributed by atoms with Gasteiger partial charge in [0.15, 0.2) is 0 Å². The summed E-state index contributed by atoms with van der Waals surface area (Å²) in [6.07, 6.45) is 0. The van der Waals surface area contributed by atoms with Crippen LogP contribution in [0.1, 0.15) is 34.3 Å². The molecule has 5 rings (SSSR count). The third-order valence-electron chi connectivity index (χ3n) is 5.56. The molecule has 0 saturated carbocycles. The van der Waals surface area contributed by atoms with Crippen LogP contribution in [0.25, 0.3) is 10.9 Å². The molecule has 5 heteroatoms. The molecule has 28 heavy (non-hydrogen) atoms. The Morgan fingerprint density at radius 2 is 1.64 bits per heavy atom. The number of rotatable bonds is 3. The molecule has 0 bridgehead atoms. The van der Waals surface area contributed by atoms with Crippen molar-refractivity contribution in [2.24, 2.45) is 0 Å². The van der Waals surface area contributed by atoms with Crippen molar-refractivity contribution in [1.29, 1.82) is 0 Å². The molecule has 0 amide bonds. The monoisotopic (exact) mass is 369 g/mol. The topological polar surface area (TPSA) is 71.0 Å². The first-order chi connectivity index (χ1) is 13.7. The molecule has 4 aromatic rings. The first-order valence-electron chi connectivity index (χ1n) is 9.35. The number of fused-ring (bicyclic) bond motifs is 3. The summed E-state index contributed by atoms with van der Waals surface area (Å²) in [6.45, 7) is 0.770. The van der Waals surface area contributed by atoms with Gasteiger partial charge in [-0.05, 0) is 22.8 Å². The maximum atomic E-state index is 11.2. The van der Waals surface area contributed by atoms with E-state index in [2.05, 4.69) is 52.8 Å². The van der Waals surface area contributed by atoms with Gasteiger partial charge in [-0.1, -0.05) is 60.7 Å². The molecule has 0 saturated heterocycles. The summed E-state index contributed by atoms with van der Waals surface area (Å²) in [6, 6.07) is 25.6. The third-order valence-corrected chi connectivity index (χ3v) is 5.56. The van der Waals surface area contributed by atoms with Gasteiger partial charge in [-0.15, -0.1) is 0 Å². The highest BCUT2D eigenvalue weighted by molar-refractivity contribution is 5.86. The molecular weight excluding hydrogens is 350 g/mol. The number of nitro benzene ring substituents is 1. The highest BCUT2D eigenvalue weighted by Crippen LogP contribution is 2.41. The SMILES string of the molecule is O=[N+]([O-])c1cccc(C2NCC(c3ccccc3)c3c2[nH]c2ccccc32)c1. The molecule has 0 radical (unpaired) electrons. The van der Waals surface area contributed by atoms with Gasteiger partial charge in [0, 0.05) is 41.2 Å². The molecule has 0 aliphatic carbocycles. The van der Waals surface area contributed by atoms with Crippen LogP contribution < -0.4 is 5.32 Å². The van der Waals surface area contributed by atoms with Crippen molar-refractivity contribution >= 4 is 16.6 Å². The van der Waals surface area contributed by atoms with Gasteiger partial charge in [0.1, 0.15) is 0 Å². The van der Waals surface area contributed by atoms with Gasteiger partial charge in [0.25, 0.3) is 5.69 Å². The Morgan fingerprint density at radius 1 is 0.893 bits per heavy atom. The van der Waals surface area contributed by atoms with E-state index in [0.717, 1.165) is 23.3 Å². The van der Waals surface area contributed by atoms with Gasteiger partial charge in [0.05, 0.1) is 11.0 Å². The lowest BCUT2D eigenvalue weighted by Crippen LogP contribution is -2.34. The van der Waals surface area contributed by atoms with Crippen LogP contribution in [0.4, 0.5) is 5.69 Å². The Hall–Kier alpha value is -3.44. The Labute approximate surface area is 162 Å². The van der Waals surface area contributed by atoms with E-state index in [1.54, 1.807) is 12.1 Å². The normalized spacial score (nSPS) is 18.7. The zero-order valence-corrected chi connectivity index (χ0v) is 15.1. The predicted octanol–water partition coefficient (Wildman–Crippen LogP) is 4.90. The van der Waals surface area contributed by atoms with Crippen LogP contribution in [0.3, 0.4) is 0 Å². The molecule has 5 nitrogen and oxygen atoms in total. The van der Waals surface area contributed by atoms with Gasteiger partial charge in [-0.3, -0.25) is 10.1 Å². The lowest BCUT2D eigenvalue weighted by molar-refractivity contribution is -0.384. The lowest BCUT2D eigenvalue weighted by Gasteiger charge is -2.31. The summed E-state index contributed by atoms with van der Waals surface area (Å²) in [5.41, 5.74) is 5.72. The van der Waals surface area contributed by atoms with Gasteiger partial charge in [-0.25, -0.2) is 0 Å². The van der Waals surface area contributed by atoms with Crippen molar-refractivity contribution in [3.63, 3.8) is 0 Å². The standard InChI is InChI=1S/C23H19N3O2/c27-26(28)17-10-6-9-16(13-17)22-23-21(18-11-4-5-12-20(18)25-23)19(14-24-22)15-7-2-1-3-8-15/h1-13,19,22,24-25H,14H2. The maximum Gasteiger partial charge on any atom is 0.269 e. The molecule has 2 heterocycles. The van der Waals surface area contributed by atoms with E-state index >= 15 is 0 Å². The highest BCUT2D eigenvalue weighted by atomic mass is 16.6. The molecule has 2 atom stereocenters. The predicted molar refractivity (Wildman–Crippen MR) is 110 cm³/mol. The number of nitrogens with zero attached hydrogens (tertiary/aromatic N) is 1. The number of nitrogens with one attached hydrogen (secondary N) is 2. The molecule has 2 unspecified atom stereocenters. The molecular formula is C23H19N3O2. The Morgan fingerprint density at radius 3 is 2.46 bits per heavy atom. The molecule has 1 aliphatic rings. The van der Waals surface area contributed by atoms with E-state index in [0.29, 0.717) is 0 Å². The molecule has 1 aliphatic heterocycles. The number of nitro groups is 1. The number of hydrogen-bond donors (Lipinski definition) is 2. The van der Waals surface area contributed by atoms with E-state index < -0.39 is 0 Å². The summed E-state index contributed by atoms with van der Waals surface area (Å²) < 4.78 is 0. The minimum Gasteiger partial charge on any atom is -0.357 e. The second-order valence-electron chi connectivity index (χ2n) is 7.15. The number of para-hydroxylation sites is 1. The second-order valence-corrected chi connectivity index (χ2v) is 7.15. The maximum absolute atomic E-state index is 11.2. The average molecular weight is 369 g/mol. The average Bonchev–Trinajstić information content (AvgIpc) is 3.13. The Balaban J connectivity index is 1.69. The van der Waals surface area contributed by atoms with Crippen LogP contribution in [-0.4, -0.2) is 16.5 Å². The first kappa shape index (κ1) is 16.7. The zero-order chi connectivity index (χ0) is 19.1. The summed E-state index contributed by atoms with van der Waals surface area (Å²) in [4.78, 5) is 14.5. The zero-order valence-electron chi connectivity index (χ0n) is 15.1. The molecule has 0 fully saturated rings. The third kappa shape index (κ3) is 2.68. The number of benzene rings is 3. The van der Waals surface area contributed by atoms with Crippen LogP contribution in [0.5, 0.6) is 0 Å². The number of non-ortho nitro benzene ring substituents is 1. The van der Waals surface area contributed by atoms with E-state index in [1.807, 2.05) is 18.2 Å². The van der Waals surface area contributed by atoms with Crippen molar-refractivity contribution < 1.29 is 4.92 Å². The fourth-order valence-electron chi connectivity index (χ4n) is 4.30. The van der Waals surface area contributed by atoms with Crippen LogP contribution >= 0.6 is 0 Å². The number of aromatic nitrogens is 1. The van der Waals surface area contributed by atoms with Crippen LogP contribution in [0, 0.1) is 10.1 Å². The largest absolute Gasteiger partial charge is 0.357 e. The van der Waals surface area contributed by atoms with Gasteiger partial charge in [-0.2, -0.15) is 0 Å². The first-order valence-corrected chi connectivity index (χ1v) is 9.35.